The fraction of sp³-hybridized carbons (Fsp3) is 0.0625. The highest BCUT2D eigenvalue weighted by Crippen LogP contribution is 2.34. The van der Waals surface area contributed by atoms with E-state index in [0.717, 1.165) is 9.79 Å². The molecule has 2 aromatic carbocycles. The first-order valence-corrected chi connectivity index (χ1v) is 6.84. The number of carbonyl (C=O) groups excluding carboxylic acids is 1. The Kier molecular flexibility index (Phi) is 5.26. The largest absolute Gasteiger partial charge is 0.466 e. The molecular weight excluding hydrogens is 272 g/mol. The van der Waals surface area contributed by atoms with Gasteiger partial charge >= 0.3 is 5.97 Å². The van der Waals surface area contributed by atoms with Crippen molar-refractivity contribution in [2.75, 3.05) is 7.11 Å². The van der Waals surface area contributed by atoms with Gasteiger partial charge in [0.05, 0.1) is 24.3 Å². The first-order chi connectivity index (χ1) is 9.79. The van der Waals surface area contributed by atoms with E-state index in [-0.39, 0.29) is 0 Å². The van der Waals surface area contributed by atoms with Crippen LogP contribution in [0.2, 0.25) is 0 Å². The SMILES string of the molecule is COC(=O)/C=C/Oc1ccccc1Sc1ccccc1. The van der Waals surface area contributed by atoms with Gasteiger partial charge in [-0.1, -0.05) is 42.1 Å². The lowest BCUT2D eigenvalue weighted by Crippen LogP contribution is -1.95. The Morgan fingerprint density at radius 2 is 1.75 bits per heavy atom. The van der Waals surface area contributed by atoms with Gasteiger partial charge in [0.25, 0.3) is 0 Å². The predicted octanol–water partition coefficient (Wildman–Crippen LogP) is 3.90. The molecule has 4 heteroatoms. The maximum atomic E-state index is 11.0. The molecule has 2 rings (SSSR count). The Morgan fingerprint density at radius 1 is 1.05 bits per heavy atom. The number of hydrogen-bond acceptors (Lipinski definition) is 4. The van der Waals surface area contributed by atoms with Gasteiger partial charge in [-0.15, -0.1) is 0 Å². The molecular formula is C16H14O3S. The highest BCUT2D eigenvalue weighted by molar-refractivity contribution is 7.99. The zero-order valence-electron chi connectivity index (χ0n) is 11.0. The van der Waals surface area contributed by atoms with E-state index >= 15 is 0 Å². The molecule has 20 heavy (non-hydrogen) atoms. The van der Waals surface area contributed by atoms with Crippen LogP contribution in [0.15, 0.2) is 76.7 Å². The molecule has 0 bridgehead atoms. The van der Waals surface area contributed by atoms with Crippen LogP contribution >= 0.6 is 11.8 Å². The van der Waals surface area contributed by atoms with Crippen LogP contribution in [0.5, 0.6) is 5.75 Å². The predicted molar refractivity (Wildman–Crippen MR) is 78.8 cm³/mol. The van der Waals surface area contributed by atoms with Crippen molar-refractivity contribution in [2.45, 2.75) is 9.79 Å². The standard InChI is InChI=1S/C16H14O3S/c1-18-16(17)11-12-19-14-9-5-6-10-15(14)20-13-7-3-2-4-8-13/h2-12H,1H3/b12-11+. The number of hydrogen-bond donors (Lipinski definition) is 0. The molecule has 0 spiro atoms. The Balaban J connectivity index is 2.10. The number of ether oxygens (including phenoxy) is 2. The van der Waals surface area contributed by atoms with Crippen LogP contribution in [0, 0.1) is 0 Å². The minimum Gasteiger partial charge on any atom is -0.466 e. The first-order valence-electron chi connectivity index (χ1n) is 6.02. The molecule has 0 unspecified atom stereocenters. The highest BCUT2D eigenvalue weighted by atomic mass is 32.2. The Morgan fingerprint density at radius 3 is 2.50 bits per heavy atom. The summed E-state index contributed by atoms with van der Waals surface area (Å²) in [7, 11) is 1.33. The third-order valence-electron chi connectivity index (χ3n) is 2.42. The quantitative estimate of drug-likeness (QED) is 0.474. The van der Waals surface area contributed by atoms with Gasteiger partial charge in [-0.05, 0) is 24.3 Å². The van der Waals surface area contributed by atoms with E-state index in [2.05, 4.69) is 4.74 Å². The summed E-state index contributed by atoms with van der Waals surface area (Å²) < 4.78 is 9.98. The van der Waals surface area contributed by atoms with Gasteiger partial charge in [0.15, 0.2) is 0 Å². The topological polar surface area (TPSA) is 35.5 Å². The van der Waals surface area contributed by atoms with E-state index in [1.807, 2.05) is 54.6 Å². The van der Waals surface area contributed by atoms with Gasteiger partial charge in [0, 0.05) is 4.90 Å². The number of esters is 1. The monoisotopic (exact) mass is 286 g/mol. The number of benzene rings is 2. The molecule has 102 valence electrons. The van der Waals surface area contributed by atoms with E-state index in [0.29, 0.717) is 5.75 Å². The zero-order chi connectivity index (χ0) is 14.2. The molecule has 0 aliphatic heterocycles. The highest BCUT2D eigenvalue weighted by Gasteiger charge is 2.04. The van der Waals surface area contributed by atoms with E-state index in [4.69, 9.17) is 4.74 Å². The molecule has 0 amide bonds. The fourth-order valence-electron chi connectivity index (χ4n) is 1.48. The molecule has 0 saturated carbocycles. The molecule has 0 radical (unpaired) electrons. The number of carbonyl (C=O) groups is 1. The van der Waals surface area contributed by atoms with Gasteiger partial charge in [-0.2, -0.15) is 0 Å². The minimum absolute atomic E-state index is 0.446. The summed E-state index contributed by atoms with van der Waals surface area (Å²) in [5.74, 6) is 0.250. The Bertz CT molecular complexity index is 594. The summed E-state index contributed by atoms with van der Waals surface area (Å²) in [6.45, 7) is 0. The van der Waals surface area contributed by atoms with Crippen molar-refractivity contribution in [3.63, 3.8) is 0 Å². The maximum Gasteiger partial charge on any atom is 0.333 e. The minimum atomic E-state index is -0.446. The second-order valence-corrected chi connectivity index (χ2v) is 4.92. The average molecular weight is 286 g/mol. The van der Waals surface area contributed by atoms with Gasteiger partial charge in [-0.3, -0.25) is 0 Å². The van der Waals surface area contributed by atoms with Gasteiger partial charge in [-0.25, -0.2) is 4.79 Å². The summed E-state index contributed by atoms with van der Waals surface area (Å²) in [6.07, 6.45) is 2.57. The second-order valence-electron chi connectivity index (χ2n) is 3.81. The molecule has 0 heterocycles. The van der Waals surface area contributed by atoms with E-state index in [1.54, 1.807) is 11.8 Å². The van der Waals surface area contributed by atoms with Crippen LogP contribution in [0.1, 0.15) is 0 Å². The van der Waals surface area contributed by atoms with Crippen molar-refractivity contribution < 1.29 is 14.3 Å². The van der Waals surface area contributed by atoms with Crippen LogP contribution < -0.4 is 4.74 Å². The number of methoxy groups -OCH3 is 1. The summed E-state index contributed by atoms with van der Waals surface area (Å²) in [5, 5.41) is 0. The smallest absolute Gasteiger partial charge is 0.333 e. The van der Waals surface area contributed by atoms with E-state index in [1.165, 1.54) is 19.4 Å². The van der Waals surface area contributed by atoms with Crippen molar-refractivity contribution in [1.29, 1.82) is 0 Å². The van der Waals surface area contributed by atoms with Crippen molar-refractivity contribution in [3.8, 4) is 5.75 Å². The van der Waals surface area contributed by atoms with Crippen molar-refractivity contribution in [3.05, 3.63) is 66.9 Å². The lowest BCUT2D eigenvalue weighted by atomic mass is 10.3. The van der Waals surface area contributed by atoms with E-state index < -0.39 is 5.97 Å². The van der Waals surface area contributed by atoms with Crippen LogP contribution in [-0.4, -0.2) is 13.1 Å². The van der Waals surface area contributed by atoms with E-state index in [9.17, 15) is 4.79 Å². The number of rotatable bonds is 5. The summed E-state index contributed by atoms with van der Waals surface area (Å²) >= 11 is 1.60. The van der Waals surface area contributed by atoms with Crippen molar-refractivity contribution in [2.24, 2.45) is 0 Å². The lowest BCUT2D eigenvalue weighted by Gasteiger charge is -2.07. The van der Waals surface area contributed by atoms with Crippen LogP contribution in [0.4, 0.5) is 0 Å². The molecule has 0 aliphatic carbocycles. The lowest BCUT2D eigenvalue weighted by molar-refractivity contribution is -0.134. The summed E-state index contributed by atoms with van der Waals surface area (Å²) in [5.41, 5.74) is 0. The molecule has 0 saturated heterocycles. The van der Waals surface area contributed by atoms with Gasteiger partial charge in [0.2, 0.25) is 0 Å². The van der Waals surface area contributed by atoms with Crippen molar-refractivity contribution >= 4 is 17.7 Å². The zero-order valence-corrected chi connectivity index (χ0v) is 11.8. The Hall–Kier alpha value is -2.20. The molecule has 2 aromatic rings. The third-order valence-corrected chi connectivity index (χ3v) is 3.49. The van der Waals surface area contributed by atoms with Gasteiger partial charge < -0.3 is 9.47 Å². The molecule has 0 aromatic heterocycles. The summed E-state index contributed by atoms with van der Waals surface area (Å²) in [6, 6.07) is 17.7. The molecule has 0 fully saturated rings. The van der Waals surface area contributed by atoms with Crippen molar-refractivity contribution in [1.82, 2.24) is 0 Å². The van der Waals surface area contributed by atoms with Crippen LogP contribution in [0.25, 0.3) is 0 Å². The maximum absolute atomic E-state index is 11.0. The normalized spacial score (nSPS) is 10.4. The molecule has 0 N–H and O–H groups in total. The van der Waals surface area contributed by atoms with Gasteiger partial charge in [0.1, 0.15) is 5.75 Å². The average Bonchev–Trinajstić information content (AvgIpc) is 2.50. The summed E-state index contributed by atoms with van der Waals surface area (Å²) in [4.78, 5) is 13.1. The Labute approximate surface area is 122 Å². The second kappa shape index (κ2) is 7.40. The van der Waals surface area contributed by atoms with Crippen LogP contribution in [0.3, 0.4) is 0 Å². The molecule has 0 aliphatic rings. The van der Waals surface area contributed by atoms with Crippen LogP contribution in [-0.2, 0) is 9.53 Å². The number of para-hydroxylation sites is 1. The molecule has 0 atom stereocenters. The molecule has 3 nitrogen and oxygen atoms in total. The fourth-order valence-corrected chi connectivity index (χ4v) is 2.39. The first kappa shape index (κ1) is 14.2. The third kappa shape index (κ3) is 4.17.